The van der Waals surface area contributed by atoms with Crippen molar-refractivity contribution >= 4 is 27.6 Å². The van der Waals surface area contributed by atoms with Crippen LogP contribution in [-0.2, 0) is 14.9 Å². The zero-order chi connectivity index (χ0) is 17.2. The molecule has 0 bridgehead atoms. The van der Waals surface area contributed by atoms with E-state index in [1.807, 2.05) is 4.90 Å². The van der Waals surface area contributed by atoms with E-state index in [4.69, 9.17) is 16.3 Å². The fraction of sp³-hybridized carbons (Fsp3) is 0.667. The van der Waals surface area contributed by atoms with Gasteiger partial charge in [-0.3, -0.25) is 0 Å². The number of aromatic nitrogens is 1. The summed E-state index contributed by atoms with van der Waals surface area (Å²) >= 11 is 6.18. The number of halogens is 1. The lowest BCUT2D eigenvalue weighted by atomic mass is 10.2. The molecule has 0 saturated carbocycles. The molecule has 2 aliphatic heterocycles. The van der Waals surface area contributed by atoms with Crippen molar-refractivity contribution in [2.75, 3.05) is 51.3 Å². The van der Waals surface area contributed by atoms with Crippen LogP contribution in [-0.4, -0.2) is 74.5 Å². The van der Waals surface area contributed by atoms with Gasteiger partial charge in [0.15, 0.2) is 0 Å². The monoisotopic (exact) mass is 374 g/mol. The van der Waals surface area contributed by atoms with E-state index in [0.29, 0.717) is 44.4 Å². The van der Waals surface area contributed by atoms with Crippen molar-refractivity contribution in [1.82, 2.24) is 13.6 Å². The van der Waals surface area contributed by atoms with Crippen LogP contribution in [0.15, 0.2) is 18.3 Å². The van der Waals surface area contributed by atoms with Gasteiger partial charge in [-0.25, -0.2) is 4.98 Å². The number of hydrogen-bond acceptors (Lipinski definition) is 5. The van der Waals surface area contributed by atoms with Crippen LogP contribution in [0.5, 0.6) is 0 Å². The van der Waals surface area contributed by atoms with Crippen molar-refractivity contribution in [3.63, 3.8) is 0 Å². The Morgan fingerprint density at radius 1 is 1.29 bits per heavy atom. The average molecular weight is 375 g/mol. The molecule has 1 atom stereocenters. The van der Waals surface area contributed by atoms with Gasteiger partial charge in [-0.2, -0.15) is 17.0 Å². The molecule has 3 heterocycles. The van der Waals surface area contributed by atoms with Crippen molar-refractivity contribution in [1.29, 1.82) is 0 Å². The Kier molecular flexibility index (Phi) is 5.61. The zero-order valence-electron chi connectivity index (χ0n) is 13.8. The molecule has 9 heteroatoms. The molecule has 134 valence electrons. The summed E-state index contributed by atoms with van der Waals surface area (Å²) in [5.41, 5.74) is 0. The van der Waals surface area contributed by atoms with Gasteiger partial charge in [0.1, 0.15) is 5.82 Å². The van der Waals surface area contributed by atoms with Crippen LogP contribution in [0.1, 0.15) is 12.8 Å². The van der Waals surface area contributed by atoms with E-state index in [9.17, 15) is 8.42 Å². The SMILES string of the molecule is COCC1CCCN1S(=O)(=O)N1CCN(c2ncccc2Cl)CC1. The standard InChI is InChI=1S/C15H23ClN4O3S/c1-23-12-13-4-3-7-20(13)24(21,22)19-10-8-18(9-11-19)15-14(16)5-2-6-17-15/h2,5-6,13H,3-4,7-12H2,1H3. The van der Waals surface area contributed by atoms with Gasteiger partial charge in [0.25, 0.3) is 10.2 Å². The van der Waals surface area contributed by atoms with Gasteiger partial charge in [0.2, 0.25) is 0 Å². The van der Waals surface area contributed by atoms with Crippen LogP contribution >= 0.6 is 11.6 Å². The van der Waals surface area contributed by atoms with E-state index in [2.05, 4.69) is 4.98 Å². The maximum Gasteiger partial charge on any atom is 0.282 e. The lowest BCUT2D eigenvalue weighted by molar-refractivity contribution is 0.145. The van der Waals surface area contributed by atoms with Crippen LogP contribution in [0.25, 0.3) is 0 Å². The number of piperazine rings is 1. The van der Waals surface area contributed by atoms with E-state index in [1.54, 1.807) is 34.0 Å². The highest BCUT2D eigenvalue weighted by Crippen LogP contribution is 2.27. The molecule has 1 aromatic heterocycles. The largest absolute Gasteiger partial charge is 0.383 e. The molecule has 0 N–H and O–H groups in total. The fourth-order valence-corrected chi connectivity index (χ4v) is 5.43. The Hall–Kier alpha value is -0.930. The van der Waals surface area contributed by atoms with Crippen molar-refractivity contribution < 1.29 is 13.2 Å². The molecular formula is C15H23ClN4O3S. The van der Waals surface area contributed by atoms with E-state index < -0.39 is 10.2 Å². The number of rotatable bonds is 5. The first-order valence-corrected chi connectivity index (χ1v) is 9.93. The summed E-state index contributed by atoms with van der Waals surface area (Å²) in [6.45, 7) is 3.06. The maximum atomic E-state index is 12.9. The molecule has 0 spiro atoms. The Morgan fingerprint density at radius 2 is 2.04 bits per heavy atom. The molecule has 24 heavy (non-hydrogen) atoms. The summed E-state index contributed by atoms with van der Waals surface area (Å²) in [5.74, 6) is 0.717. The number of methoxy groups -OCH3 is 1. The number of nitrogens with zero attached hydrogens (tertiary/aromatic N) is 4. The third-order valence-corrected chi connectivity index (χ3v) is 6.97. The van der Waals surface area contributed by atoms with E-state index in [0.717, 1.165) is 18.7 Å². The van der Waals surface area contributed by atoms with Gasteiger partial charge < -0.3 is 9.64 Å². The molecule has 0 amide bonds. The van der Waals surface area contributed by atoms with Gasteiger partial charge in [-0.05, 0) is 25.0 Å². The topological polar surface area (TPSA) is 66.0 Å². The molecule has 1 aromatic rings. The predicted molar refractivity (Wildman–Crippen MR) is 93.6 cm³/mol. The summed E-state index contributed by atoms with van der Waals surface area (Å²) in [4.78, 5) is 6.33. The predicted octanol–water partition coefficient (Wildman–Crippen LogP) is 1.21. The number of ether oxygens (including phenoxy) is 1. The fourth-order valence-electron chi connectivity index (χ4n) is 3.36. The van der Waals surface area contributed by atoms with Crippen LogP contribution in [0, 0.1) is 0 Å². The lowest BCUT2D eigenvalue weighted by Gasteiger charge is -2.37. The second kappa shape index (κ2) is 7.53. The highest BCUT2D eigenvalue weighted by molar-refractivity contribution is 7.86. The minimum absolute atomic E-state index is 0.0525. The van der Waals surface area contributed by atoms with Gasteiger partial charge in [-0.1, -0.05) is 11.6 Å². The van der Waals surface area contributed by atoms with Gasteiger partial charge in [0, 0.05) is 52.1 Å². The Labute approximate surface area is 148 Å². The smallest absolute Gasteiger partial charge is 0.282 e. The molecular weight excluding hydrogens is 352 g/mol. The van der Waals surface area contributed by atoms with Crippen molar-refractivity contribution in [2.24, 2.45) is 0 Å². The van der Waals surface area contributed by atoms with Crippen LogP contribution in [0.4, 0.5) is 5.82 Å². The zero-order valence-corrected chi connectivity index (χ0v) is 15.3. The number of hydrogen-bond donors (Lipinski definition) is 0. The Balaban J connectivity index is 1.66. The highest BCUT2D eigenvalue weighted by Gasteiger charge is 2.39. The van der Waals surface area contributed by atoms with Gasteiger partial charge >= 0.3 is 0 Å². The summed E-state index contributed by atoms with van der Waals surface area (Å²) in [7, 11) is -1.83. The second-order valence-corrected chi connectivity index (χ2v) is 8.35. The molecule has 0 radical (unpaired) electrons. The first kappa shape index (κ1) is 17.9. The molecule has 0 aromatic carbocycles. The quantitative estimate of drug-likeness (QED) is 0.775. The van der Waals surface area contributed by atoms with Crippen LogP contribution in [0.3, 0.4) is 0 Å². The van der Waals surface area contributed by atoms with Crippen molar-refractivity contribution in [3.05, 3.63) is 23.4 Å². The summed E-state index contributed by atoms with van der Waals surface area (Å²) < 4.78 is 34.2. The molecule has 3 rings (SSSR count). The van der Waals surface area contributed by atoms with Crippen molar-refractivity contribution in [3.8, 4) is 0 Å². The summed E-state index contributed by atoms with van der Waals surface area (Å²) in [6, 6.07) is 3.53. The Bertz CT molecular complexity index is 664. The number of anilines is 1. The molecule has 2 aliphatic rings. The van der Waals surface area contributed by atoms with E-state index in [-0.39, 0.29) is 6.04 Å². The van der Waals surface area contributed by atoms with Crippen molar-refractivity contribution in [2.45, 2.75) is 18.9 Å². The number of pyridine rings is 1. The third-order valence-electron chi connectivity index (χ3n) is 4.58. The Morgan fingerprint density at radius 3 is 2.71 bits per heavy atom. The first-order chi connectivity index (χ1) is 11.5. The molecule has 0 aliphatic carbocycles. The molecule has 2 saturated heterocycles. The van der Waals surface area contributed by atoms with Crippen LogP contribution < -0.4 is 4.90 Å². The second-order valence-electron chi connectivity index (χ2n) is 6.06. The minimum Gasteiger partial charge on any atom is -0.383 e. The van der Waals surface area contributed by atoms with E-state index in [1.165, 1.54) is 0 Å². The average Bonchev–Trinajstić information content (AvgIpc) is 3.05. The molecule has 7 nitrogen and oxygen atoms in total. The third kappa shape index (κ3) is 3.52. The lowest BCUT2D eigenvalue weighted by Crippen LogP contribution is -2.54. The van der Waals surface area contributed by atoms with Crippen LogP contribution in [0.2, 0.25) is 5.02 Å². The van der Waals surface area contributed by atoms with E-state index >= 15 is 0 Å². The summed E-state index contributed by atoms with van der Waals surface area (Å²) in [6.07, 6.45) is 3.44. The highest BCUT2D eigenvalue weighted by atomic mass is 35.5. The first-order valence-electron chi connectivity index (χ1n) is 8.15. The minimum atomic E-state index is -3.44. The normalized spacial score (nSPS) is 23.8. The maximum absolute atomic E-state index is 12.9. The molecule has 2 fully saturated rings. The van der Waals surface area contributed by atoms with Gasteiger partial charge in [0.05, 0.1) is 11.6 Å². The van der Waals surface area contributed by atoms with Gasteiger partial charge in [-0.15, -0.1) is 0 Å². The summed E-state index contributed by atoms with van der Waals surface area (Å²) in [5, 5.41) is 0.591. The molecule has 1 unspecified atom stereocenters.